The van der Waals surface area contributed by atoms with Gasteiger partial charge in [-0.05, 0) is 31.2 Å². The van der Waals surface area contributed by atoms with E-state index in [9.17, 15) is 4.79 Å². The lowest BCUT2D eigenvalue weighted by Gasteiger charge is -2.35. The first-order valence-corrected chi connectivity index (χ1v) is 8.93. The second-order valence-corrected chi connectivity index (χ2v) is 6.49. The van der Waals surface area contributed by atoms with Crippen LogP contribution >= 0.6 is 0 Å². The number of carbonyl (C=O) groups is 1. The van der Waals surface area contributed by atoms with E-state index in [4.69, 9.17) is 0 Å². The second-order valence-electron chi connectivity index (χ2n) is 6.49. The molecule has 1 fully saturated rings. The van der Waals surface area contributed by atoms with Crippen LogP contribution in [0.15, 0.2) is 42.6 Å². The van der Waals surface area contributed by atoms with Gasteiger partial charge in [-0.1, -0.05) is 36.8 Å². The second kappa shape index (κ2) is 8.12. The lowest BCUT2D eigenvalue weighted by Crippen LogP contribution is -2.46. The standard InChI is InChI=1S/C20H26N4O/c1-3-23-10-12-24(13-11-23)18-8-9-19(21-15-18)20(25)22-14-17-6-4-16(2)5-7-17/h4-9,15H,3,10-14H2,1-2H3,(H,22,25). The van der Waals surface area contributed by atoms with Crippen LogP contribution in [0.1, 0.15) is 28.5 Å². The highest BCUT2D eigenvalue weighted by Crippen LogP contribution is 2.15. The van der Waals surface area contributed by atoms with Crippen LogP contribution in [0.4, 0.5) is 5.69 Å². The van der Waals surface area contributed by atoms with Crippen molar-refractivity contribution < 1.29 is 4.79 Å². The monoisotopic (exact) mass is 338 g/mol. The molecule has 2 aromatic rings. The highest BCUT2D eigenvalue weighted by Gasteiger charge is 2.16. The third-order valence-corrected chi connectivity index (χ3v) is 4.74. The molecule has 1 saturated heterocycles. The summed E-state index contributed by atoms with van der Waals surface area (Å²) in [5.74, 6) is -0.136. The normalized spacial score (nSPS) is 15.2. The van der Waals surface area contributed by atoms with Crippen LogP contribution in [0.2, 0.25) is 0 Å². The molecule has 5 heteroatoms. The molecule has 1 aromatic heterocycles. The summed E-state index contributed by atoms with van der Waals surface area (Å²) in [5, 5.41) is 2.93. The number of hydrogen-bond donors (Lipinski definition) is 1. The van der Waals surface area contributed by atoms with Crippen molar-refractivity contribution in [3.8, 4) is 0 Å². The molecule has 1 aliphatic rings. The van der Waals surface area contributed by atoms with E-state index in [1.54, 1.807) is 0 Å². The third-order valence-electron chi connectivity index (χ3n) is 4.74. The van der Waals surface area contributed by atoms with Gasteiger partial charge in [0.05, 0.1) is 11.9 Å². The fraction of sp³-hybridized carbons (Fsp3) is 0.400. The van der Waals surface area contributed by atoms with Crippen LogP contribution in [0.3, 0.4) is 0 Å². The van der Waals surface area contributed by atoms with Crippen molar-refractivity contribution in [1.82, 2.24) is 15.2 Å². The predicted molar refractivity (Wildman–Crippen MR) is 101 cm³/mol. The molecule has 0 bridgehead atoms. The molecule has 1 aliphatic heterocycles. The average Bonchev–Trinajstić information content (AvgIpc) is 2.67. The summed E-state index contributed by atoms with van der Waals surface area (Å²) >= 11 is 0. The van der Waals surface area contributed by atoms with E-state index in [1.807, 2.05) is 42.6 Å². The zero-order valence-corrected chi connectivity index (χ0v) is 15.0. The molecule has 0 unspecified atom stereocenters. The molecule has 0 aliphatic carbocycles. The Balaban J connectivity index is 1.54. The number of benzene rings is 1. The van der Waals surface area contributed by atoms with Crippen LogP contribution in [-0.4, -0.2) is 48.5 Å². The number of piperazine rings is 1. The molecule has 25 heavy (non-hydrogen) atoms. The topological polar surface area (TPSA) is 48.5 Å². The Morgan fingerprint density at radius 2 is 1.80 bits per heavy atom. The number of pyridine rings is 1. The van der Waals surface area contributed by atoms with Crippen LogP contribution in [0.25, 0.3) is 0 Å². The molecule has 2 heterocycles. The van der Waals surface area contributed by atoms with Gasteiger partial charge in [0.2, 0.25) is 0 Å². The van der Waals surface area contributed by atoms with E-state index in [1.165, 1.54) is 5.56 Å². The minimum Gasteiger partial charge on any atom is -0.368 e. The van der Waals surface area contributed by atoms with Gasteiger partial charge in [-0.15, -0.1) is 0 Å². The predicted octanol–water partition coefficient (Wildman–Crippen LogP) is 2.46. The molecule has 1 amide bonds. The van der Waals surface area contributed by atoms with E-state index in [2.05, 4.69) is 33.9 Å². The fourth-order valence-corrected chi connectivity index (χ4v) is 3.01. The summed E-state index contributed by atoms with van der Waals surface area (Å²) in [6.45, 7) is 10.0. The first-order valence-electron chi connectivity index (χ1n) is 8.93. The molecule has 5 nitrogen and oxygen atoms in total. The van der Waals surface area contributed by atoms with Gasteiger partial charge >= 0.3 is 0 Å². The SMILES string of the molecule is CCN1CCN(c2ccc(C(=O)NCc3ccc(C)cc3)nc2)CC1. The number of carbonyl (C=O) groups excluding carboxylic acids is 1. The summed E-state index contributed by atoms with van der Waals surface area (Å²) in [5.41, 5.74) is 3.85. The zero-order valence-electron chi connectivity index (χ0n) is 15.0. The first kappa shape index (κ1) is 17.4. The number of rotatable bonds is 5. The lowest BCUT2D eigenvalue weighted by atomic mass is 10.1. The molecule has 0 radical (unpaired) electrons. The maximum Gasteiger partial charge on any atom is 0.270 e. The summed E-state index contributed by atoms with van der Waals surface area (Å²) in [6, 6.07) is 12.0. The minimum absolute atomic E-state index is 0.136. The van der Waals surface area contributed by atoms with E-state index < -0.39 is 0 Å². The first-order chi connectivity index (χ1) is 12.2. The van der Waals surface area contributed by atoms with Crippen LogP contribution < -0.4 is 10.2 Å². The van der Waals surface area contributed by atoms with E-state index >= 15 is 0 Å². The van der Waals surface area contributed by atoms with Gasteiger partial charge in [-0.25, -0.2) is 4.98 Å². The highest BCUT2D eigenvalue weighted by atomic mass is 16.1. The maximum absolute atomic E-state index is 12.3. The number of nitrogens with zero attached hydrogens (tertiary/aromatic N) is 3. The Hall–Kier alpha value is -2.40. The largest absolute Gasteiger partial charge is 0.368 e. The number of aromatic nitrogens is 1. The quantitative estimate of drug-likeness (QED) is 0.910. The van der Waals surface area contributed by atoms with Crippen LogP contribution in [0.5, 0.6) is 0 Å². The number of likely N-dealkylation sites (N-methyl/N-ethyl adjacent to an activating group) is 1. The Morgan fingerprint density at radius 3 is 2.40 bits per heavy atom. The van der Waals surface area contributed by atoms with Gasteiger partial charge in [0.1, 0.15) is 5.69 Å². The van der Waals surface area contributed by atoms with E-state index in [0.717, 1.165) is 44.0 Å². The Kier molecular flexibility index (Phi) is 5.66. The van der Waals surface area contributed by atoms with Gasteiger partial charge < -0.3 is 15.1 Å². The van der Waals surface area contributed by atoms with Crippen LogP contribution in [-0.2, 0) is 6.54 Å². The number of aryl methyl sites for hydroxylation is 1. The summed E-state index contributed by atoms with van der Waals surface area (Å²) in [4.78, 5) is 21.4. The molecule has 132 valence electrons. The van der Waals surface area contributed by atoms with Crippen molar-refractivity contribution in [1.29, 1.82) is 0 Å². The minimum atomic E-state index is -0.136. The van der Waals surface area contributed by atoms with E-state index in [0.29, 0.717) is 12.2 Å². The fourth-order valence-electron chi connectivity index (χ4n) is 3.01. The molecule has 0 spiro atoms. The van der Waals surface area contributed by atoms with Gasteiger partial charge in [-0.2, -0.15) is 0 Å². The summed E-state index contributed by atoms with van der Waals surface area (Å²) < 4.78 is 0. The van der Waals surface area contributed by atoms with Gasteiger partial charge in [0.15, 0.2) is 0 Å². The zero-order chi connectivity index (χ0) is 17.6. The van der Waals surface area contributed by atoms with Crippen LogP contribution in [0, 0.1) is 6.92 Å². The lowest BCUT2D eigenvalue weighted by molar-refractivity contribution is 0.0946. The van der Waals surface area contributed by atoms with E-state index in [-0.39, 0.29) is 5.91 Å². The number of anilines is 1. The van der Waals surface area contributed by atoms with Gasteiger partial charge in [-0.3, -0.25) is 4.79 Å². The smallest absolute Gasteiger partial charge is 0.270 e. The molecular formula is C20H26N4O. The average molecular weight is 338 g/mol. The van der Waals surface area contributed by atoms with Gasteiger partial charge in [0.25, 0.3) is 5.91 Å². The Bertz CT molecular complexity index is 689. The number of amides is 1. The van der Waals surface area contributed by atoms with Crippen molar-refractivity contribution in [2.45, 2.75) is 20.4 Å². The number of nitrogens with one attached hydrogen (secondary N) is 1. The third kappa shape index (κ3) is 4.57. The number of hydrogen-bond acceptors (Lipinski definition) is 4. The molecule has 0 atom stereocenters. The van der Waals surface area contributed by atoms with Crippen molar-refractivity contribution in [3.05, 3.63) is 59.4 Å². The highest BCUT2D eigenvalue weighted by molar-refractivity contribution is 5.92. The molecule has 1 aromatic carbocycles. The molecule has 3 rings (SSSR count). The molecule has 0 saturated carbocycles. The molecule has 1 N–H and O–H groups in total. The summed E-state index contributed by atoms with van der Waals surface area (Å²) in [6.07, 6.45) is 1.81. The summed E-state index contributed by atoms with van der Waals surface area (Å²) in [7, 11) is 0. The van der Waals surface area contributed by atoms with Crippen molar-refractivity contribution in [2.24, 2.45) is 0 Å². The van der Waals surface area contributed by atoms with Gasteiger partial charge in [0, 0.05) is 32.7 Å². The van der Waals surface area contributed by atoms with Crippen molar-refractivity contribution in [3.63, 3.8) is 0 Å². The maximum atomic E-state index is 12.3. The van der Waals surface area contributed by atoms with Crippen molar-refractivity contribution >= 4 is 11.6 Å². The van der Waals surface area contributed by atoms with Crippen molar-refractivity contribution in [2.75, 3.05) is 37.6 Å². The Labute approximate surface area is 149 Å². The Morgan fingerprint density at radius 1 is 1.08 bits per heavy atom. The molecular weight excluding hydrogens is 312 g/mol.